The normalized spacial score (nSPS) is 18.2. The van der Waals surface area contributed by atoms with Gasteiger partial charge in [-0.3, -0.25) is 0 Å². The monoisotopic (exact) mass is 191 g/mol. The molecule has 0 unspecified atom stereocenters. The molecule has 1 aromatic carbocycles. The first-order valence-corrected chi connectivity index (χ1v) is 6.49. The van der Waals surface area contributed by atoms with Gasteiger partial charge >= 0.3 is 0 Å². The molecule has 1 aliphatic rings. The van der Waals surface area contributed by atoms with Crippen molar-refractivity contribution in [2.75, 3.05) is 0 Å². The van der Waals surface area contributed by atoms with Crippen molar-refractivity contribution in [2.24, 2.45) is 0 Å². The van der Waals surface area contributed by atoms with Crippen LogP contribution in [0.4, 0.5) is 0 Å². The van der Waals surface area contributed by atoms with Crippen LogP contribution in [-0.2, 0) is 6.42 Å². The average Bonchev–Trinajstić information content (AvgIpc) is 2.59. The summed E-state index contributed by atoms with van der Waals surface area (Å²) < 4.78 is 0. The van der Waals surface area contributed by atoms with Crippen molar-refractivity contribution >= 4 is 21.5 Å². The molecule has 0 N–H and O–H groups in total. The first-order valence-electron chi connectivity index (χ1n) is 3.92. The SMILES string of the molecule is C1=CC(Cc2ccccc2)=P[P]1. The van der Waals surface area contributed by atoms with Gasteiger partial charge in [0, 0.05) is 14.7 Å². The molecule has 2 rings (SSSR count). The average molecular weight is 191 g/mol. The van der Waals surface area contributed by atoms with Crippen LogP contribution in [0.5, 0.6) is 0 Å². The standard InChI is InChI=1S/C10H9P2/c1-2-4-9(5-3-1)8-10-6-7-11-12-10/h1-7H,8H2. The first-order chi connectivity index (χ1) is 5.95. The molecule has 2 heteroatoms. The van der Waals surface area contributed by atoms with Gasteiger partial charge in [0.2, 0.25) is 0 Å². The van der Waals surface area contributed by atoms with Gasteiger partial charge in [-0.15, -0.1) is 0 Å². The van der Waals surface area contributed by atoms with Crippen molar-refractivity contribution in [1.29, 1.82) is 0 Å². The maximum atomic E-state index is 2.25. The maximum absolute atomic E-state index is 2.25. The molecular formula is C10H9P2. The molecule has 0 saturated carbocycles. The van der Waals surface area contributed by atoms with Gasteiger partial charge in [-0.05, 0) is 16.7 Å². The van der Waals surface area contributed by atoms with Crippen molar-refractivity contribution in [1.82, 2.24) is 0 Å². The van der Waals surface area contributed by atoms with Crippen molar-refractivity contribution < 1.29 is 0 Å². The van der Waals surface area contributed by atoms with Gasteiger partial charge in [0.1, 0.15) is 0 Å². The first kappa shape index (κ1) is 8.17. The van der Waals surface area contributed by atoms with Crippen LogP contribution < -0.4 is 0 Å². The van der Waals surface area contributed by atoms with E-state index in [9.17, 15) is 0 Å². The summed E-state index contributed by atoms with van der Waals surface area (Å²) in [5, 5.41) is 1.53. The van der Waals surface area contributed by atoms with Crippen molar-refractivity contribution in [3.63, 3.8) is 0 Å². The van der Waals surface area contributed by atoms with Crippen LogP contribution in [0.2, 0.25) is 0 Å². The summed E-state index contributed by atoms with van der Waals surface area (Å²) in [5.74, 6) is 2.22. The van der Waals surface area contributed by atoms with Gasteiger partial charge in [-0.1, -0.05) is 44.3 Å². The smallest absolute Gasteiger partial charge is 0.00864 e. The Morgan fingerprint density at radius 3 is 2.58 bits per heavy atom. The Hall–Kier alpha value is -0.440. The summed E-state index contributed by atoms with van der Waals surface area (Å²) >= 11 is 0. The highest BCUT2D eigenvalue weighted by Crippen LogP contribution is 2.36. The second-order valence-electron chi connectivity index (χ2n) is 2.68. The summed E-state index contributed by atoms with van der Waals surface area (Å²) in [5.41, 5.74) is 1.42. The van der Waals surface area contributed by atoms with Gasteiger partial charge in [-0.2, -0.15) is 0 Å². The molecule has 0 bridgehead atoms. The van der Waals surface area contributed by atoms with Crippen LogP contribution >= 0.6 is 16.2 Å². The van der Waals surface area contributed by atoms with Crippen LogP contribution in [0.15, 0.2) is 42.2 Å². The molecule has 0 amide bonds. The predicted octanol–water partition coefficient (Wildman–Crippen LogP) is 3.74. The van der Waals surface area contributed by atoms with E-state index >= 15 is 0 Å². The minimum absolute atomic E-state index is 1.12. The Balaban J connectivity index is 2.09. The van der Waals surface area contributed by atoms with E-state index in [0.717, 1.165) is 6.42 Å². The molecule has 1 heterocycles. The molecule has 1 radical (unpaired) electrons. The summed E-state index contributed by atoms with van der Waals surface area (Å²) in [4.78, 5) is 0. The third-order valence-corrected chi connectivity index (χ3v) is 4.23. The van der Waals surface area contributed by atoms with Crippen LogP contribution in [0, 0.1) is 0 Å². The molecule has 0 aliphatic carbocycles. The molecule has 1 aliphatic heterocycles. The van der Waals surface area contributed by atoms with Crippen molar-refractivity contribution in [2.45, 2.75) is 6.42 Å². The zero-order valence-corrected chi connectivity index (χ0v) is 8.43. The molecule has 0 atom stereocenters. The minimum Gasteiger partial charge on any atom is -0.0622 e. The number of benzene rings is 1. The fraction of sp³-hybridized carbons (Fsp3) is 0.100. The molecule has 12 heavy (non-hydrogen) atoms. The molecule has 0 spiro atoms. The van der Waals surface area contributed by atoms with Gasteiger partial charge < -0.3 is 0 Å². The molecule has 0 nitrogen and oxygen atoms in total. The van der Waals surface area contributed by atoms with E-state index in [4.69, 9.17) is 0 Å². The second-order valence-corrected chi connectivity index (χ2v) is 5.28. The summed E-state index contributed by atoms with van der Waals surface area (Å²) in [6.07, 6.45) is 3.36. The highest BCUT2D eigenvalue weighted by Gasteiger charge is 1.99. The quantitative estimate of drug-likeness (QED) is 0.624. The van der Waals surface area contributed by atoms with Crippen LogP contribution in [-0.4, -0.2) is 5.29 Å². The van der Waals surface area contributed by atoms with E-state index < -0.39 is 0 Å². The maximum Gasteiger partial charge on any atom is 0.00864 e. The fourth-order valence-electron chi connectivity index (χ4n) is 1.16. The number of hydrogen-bond acceptors (Lipinski definition) is 0. The topological polar surface area (TPSA) is 0 Å². The Bertz CT molecular complexity index is 312. The Kier molecular flexibility index (Phi) is 2.71. The second kappa shape index (κ2) is 3.99. The Morgan fingerprint density at radius 1 is 1.08 bits per heavy atom. The predicted molar refractivity (Wildman–Crippen MR) is 58.1 cm³/mol. The number of allylic oxidation sites excluding steroid dienone is 1. The number of rotatable bonds is 2. The molecule has 59 valence electrons. The summed E-state index contributed by atoms with van der Waals surface area (Å²) in [6.45, 7) is 0. The van der Waals surface area contributed by atoms with Gasteiger partial charge in [0.15, 0.2) is 0 Å². The molecule has 1 aromatic rings. The fourth-order valence-corrected chi connectivity index (χ4v) is 3.39. The lowest BCUT2D eigenvalue weighted by Gasteiger charge is -1.97. The zero-order chi connectivity index (χ0) is 8.23. The summed E-state index contributed by atoms with van der Waals surface area (Å²) in [7, 11) is 2.88. The Morgan fingerprint density at radius 2 is 1.92 bits per heavy atom. The molecule has 0 fully saturated rings. The Labute approximate surface area is 76.2 Å². The van der Waals surface area contributed by atoms with E-state index in [1.165, 1.54) is 27.0 Å². The summed E-state index contributed by atoms with van der Waals surface area (Å²) in [6, 6.07) is 10.6. The largest absolute Gasteiger partial charge is 0.0622 e. The van der Waals surface area contributed by atoms with E-state index in [2.05, 4.69) is 42.2 Å². The van der Waals surface area contributed by atoms with Crippen molar-refractivity contribution in [3.8, 4) is 0 Å². The van der Waals surface area contributed by atoms with E-state index in [1.807, 2.05) is 0 Å². The third kappa shape index (κ3) is 2.03. The van der Waals surface area contributed by atoms with Crippen LogP contribution in [0.3, 0.4) is 0 Å². The lowest BCUT2D eigenvalue weighted by atomic mass is 10.1. The lowest BCUT2D eigenvalue weighted by Crippen LogP contribution is -1.93. The number of hydrogen-bond donors (Lipinski definition) is 0. The lowest BCUT2D eigenvalue weighted by molar-refractivity contribution is 1.36. The minimum atomic E-state index is 1.12. The van der Waals surface area contributed by atoms with Gasteiger partial charge in [0.05, 0.1) is 0 Å². The van der Waals surface area contributed by atoms with E-state index in [-0.39, 0.29) is 0 Å². The van der Waals surface area contributed by atoms with E-state index in [1.54, 1.807) is 0 Å². The van der Waals surface area contributed by atoms with Gasteiger partial charge in [0.25, 0.3) is 0 Å². The molecular weight excluding hydrogens is 182 g/mol. The van der Waals surface area contributed by atoms with Crippen LogP contribution in [0.1, 0.15) is 5.56 Å². The van der Waals surface area contributed by atoms with E-state index in [0.29, 0.717) is 0 Å². The highest BCUT2D eigenvalue weighted by molar-refractivity contribution is 8.13. The molecule has 0 aromatic heterocycles. The molecule has 0 saturated heterocycles. The van der Waals surface area contributed by atoms with Crippen molar-refractivity contribution in [3.05, 3.63) is 47.8 Å². The third-order valence-electron chi connectivity index (χ3n) is 1.75. The highest BCUT2D eigenvalue weighted by atomic mass is 32.0. The van der Waals surface area contributed by atoms with Gasteiger partial charge in [-0.25, -0.2) is 0 Å². The van der Waals surface area contributed by atoms with Crippen LogP contribution in [0.25, 0.3) is 0 Å². The zero-order valence-electron chi connectivity index (χ0n) is 6.64.